The number of halogens is 3. The number of anilines is 2. The number of carbonyl (C=O) groups excluding carboxylic acids is 3. The van der Waals surface area contributed by atoms with Crippen molar-refractivity contribution in [3.8, 4) is 0 Å². The molecule has 0 radical (unpaired) electrons. The molecular weight excluding hydrogens is 786 g/mol. The zero-order chi connectivity index (χ0) is 41.8. The summed E-state index contributed by atoms with van der Waals surface area (Å²) in [5.41, 5.74) is 0.442. The van der Waals surface area contributed by atoms with E-state index in [1.54, 1.807) is 37.6 Å². The topological polar surface area (TPSA) is 163 Å². The van der Waals surface area contributed by atoms with Crippen LogP contribution in [0.3, 0.4) is 0 Å². The van der Waals surface area contributed by atoms with Gasteiger partial charge in [0.1, 0.15) is 17.4 Å². The normalized spacial score (nSPS) is 21.2. The lowest BCUT2D eigenvalue weighted by Gasteiger charge is -2.37. The van der Waals surface area contributed by atoms with Crippen molar-refractivity contribution in [2.24, 2.45) is 13.0 Å². The number of para-hydroxylation sites is 1. The minimum Gasteiger partial charge on any atom is -0.386 e. The van der Waals surface area contributed by atoms with Crippen LogP contribution in [-0.4, -0.2) is 72.5 Å². The third-order valence-electron chi connectivity index (χ3n) is 12.0. The van der Waals surface area contributed by atoms with Crippen molar-refractivity contribution in [1.29, 1.82) is 0 Å². The van der Waals surface area contributed by atoms with Crippen molar-refractivity contribution < 1.29 is 32.7 Å². The number of aromatic nitrogens is 4. The van der Waals surface area contributed by atoms with E-state index >= 15 is 0 Å². The standard InChI is InChI=1S/C42H47F3N8O5S/c1-41(2,58)26-20-30-33(21-29(26)48-37(55)28-7-5-9-34(47-28)42(43,44)45)59-39(49-30)24-12-10-23(11-13-24)22-52-18-16-25(17-19-52)46-27-6-4-8-31-36(27)51(3)40(57)53(31)32-14-15-35(54)50-38(32)56/h4-9,20-21,23-25,32,46,58H,10-19,22H2,1-3H3,(H,48,55)(H,50,54,56). The van der Waals surface area contributed by atoms with Crippen LogP contribution in [-0.2, 0) is 28.4 Å². The first-order valence-electron chi connectivity index (χ1n) is 20.1. The van der Waals surface area contributed by atoms with Crippen LogP contribution in [0.15, 0.2) is 53.3 Å². The summed E-state index contributed by atoms with van der Waals surface area (Å²) in [6.45, 7) is 6.09. The molecule has 4 N–H and O–H groups in total. The third kappa shape index (κ3) is 8.37. The van der Waals surface area contributed by atoms with Gasteiger partial charge in [0.2, 0.25) is 11.8 Å². The van der Waals surface area contributed by atoms with E-state index < -0.39 is 35.3 Å². The molecule has 59 heavy (non-hydrogen) atoms. The number of carbonyl (C=O) groups is 3. The molecule has 1 atom stereocenters. The first-order valence-corrected chi connectivity index (χ1v) is 20.9. The molecule has 5 heterocycles. The number of fused-ring (bicyclic) bond motifs is 2. The molecule has 3 fully saturated rings. The molecule has 0 bridgehead atoms. The average Bonchev–Trinajstić information content (AvgIpc) is 3.72. The van der Waals surface area contributed by atoms with Gasteiger partial charge in [0.25, 0.3) is 5.91 Å². The first-order chi connectivity index (χ1) is 28.0. The van der Waals surface area contributed by atoms with Gasteiger partial charge in [-0.05, 0) is 101 Å². The number of nitrogens with one attached hydrogen (secondary N) is 3. The fourth-order valence-corrected chi connectivity index (χ4v) is 10.1. The maximum Gasteiger partial charge on any atom is 0.433 e. The molecule has 0 spiro atoms. The Labute approximate surface area is 342 Å². The van der Waals surface area contributed by atoms with Gasteiger partial charge in [-0.2, -0.15) is 13.2 Å². The van der Waals surface area contributed by atoms with Gasteiger partial charge >= 0.3 is 11.9 Å². The van der Waals surface area contributed by atoms with Crippen molar-refractivity contribution in [1.82, 2.24) is 29.3 Å². The fraction of sp³-hybridized carbons (Fsp3) is 0.476. The lowest BCUT2D eigenvalue weighted by Crippen LogP contribution is -2.44. The van der Waals surface area contributed by atoms with Gasteiger partial charge in [-0.1, -0.05) is 12.1 Å². The second-order valence-corrected chi connectivity index (χ2v) is 17.7. The number of alkyl halides is 3. The molecule has 2 aliphatic heterocycles. The lowest BCUT2D eigenvalue weighted by molar-refractivity contribution is -0.141. The fourth-order valence-electron chi connectivity index (χ4n) is 8.90. The molecule has 312 valence electrons. The van der Waals surface area contributed by atoms with Crippen molar-refractivity contribution in [3.05, 3.63) is 81.0 Å². The predicted octanol–water partition coefficient (Wildman–Crippen LogP) is 6.67. The van der Waals surface area contributed by atoms with E-state index in [-0.39, 0.29) is 42.1 Å². The van der Waals surface area contributed by atoms with Gasteiger partial charge in [-0.15, -0.1) is 11.3 Å². The molecule has 3 aromatic heterocycles. The largest absolute Gasteiger partial charge is 0.433 e. The molecular formula is C42H47F3N8O5S. The second-order valence-electron chi connectivity index (χ2n) is 16.6. The summed E-state index contributed by atoms with van der Waals surface area (Å²) < 4.78 is 43.7. The Bertz CT molecular complexity index is 2490. The summed E-state index contributed by atoms with van der Waals surface area (Å²) in [6.07, 6.45) is 1.81. The van der Waals surface area contributed by atoms with Gasteiger partial charge < -0.3 is 20.6 Å². The maximum atomic E-state index is 13.4. The molecule has 2 saturated heterocycles. The zero-order valence-electron chi connectivity index (χ0n) is 33.1. The molecule has 1 unspecified atom stereocenters. The van der Waals surface area contributed by atoms with E-state index in [0.717, 1.165) is 91.2 Å². The quantitative estimate of drug-likeness (QED) is 0.119. The minimum absolute atomic E-state index is 0.190. The summed E-state index contributed by atoms with van der Waals surface area (Å²) in [4.78, 5) is 61.9. The number of aliphatic hydroxyl groups is 1. The van der Waals surface area contributed by atoms with Crippen molar-refractivity contribution in [2.45, 2.75) is 95.0 Å². The Balaban J connectivity index is 0.871. The number of nitrogens with zero attached hydrogens (tertiary/aromatic N) is 5. The summed E-state index contributed by atoms with van der Waals surface area (Å²) in [7, 11) is 1.71. The summed E-state index contributed by atoms with van der Waals surface area (Å²) in [5.74, 6) is -0.742. The van der Waals surface area contributed by atoms with Crippen molar-refractivity contribution >= 4 is 61.7 Å². The first kappa shape index (κ1) is 40.6. The highest BCUT2D eigenvalue weighted by Gasteiger charge is 2.35. The molecule has 13 nitrogen and oxygen atoms in total. The number of hydrogen-bond donors (Lipinski definition) is 4. The maximum absolute atomic E-state index is 13.4. The third-order valence-corrected chi connectivity index (χ3v) is 13.2. The van der Waals surface area contributed by atoms with Gasteiger partial charge in [-0.3, -0.25) is 28.8 Å². The number of likely N-dealkylation sites (tertiary alicyclic amines) is 1. The van der Waals surface area contributed by atoms with E-state index in [1.165, 1.54) is 22.0 Å². The number of pyridine rings is 1. The summed E-state index contributed by atoms with van der Waals surface area (Å²) >= 11 is 1.54. The van der Waals surface area contributed by atoms with E-state index in [9.17, 15) is 37.5 Å². The molecule has 8 rings (SSSR count). The summed E-state index contributed by atoms with van der Waals surface area (Å²) in [6, 6.07) is 11.8. The van der Waals surface area contributed by atoms with Crippen LogP contribution in [0.1, 0.15) is 104 Å². The van der Waals surface area contributed by atoms with E-state index in [0.29, 0.717) is 28.2 Å². The molecule has 2 aromatic carbocycles. The Morgan fingerprint density at radius 2 is 1.68 bits per heavy atom. The molecule has 5 aromatic rings. The minimum atomic E-state index is -4.69. The predicted molar refractivity (Wildman–Crippen MR) is 218 cm³/mol. The van der Waals surface area contributed by atoms with Gasteiger partial charge in [0.05, 0.1) is 37.5 Å². The van der Waals surface area contributed by atoms with Crippen LogP contribution in [0.25, 0.3) is 21.3 Å². The number of amides is 3. The number of rotatable bonds is 9. The summed E-state index contributed by atoms with van der Waals surface area (Å²) in [5, 5.41) is 20.7. The van der Waals surface area contributed by atoms with Gasteiger partial charge in [0.15, 0.2) is 0 Å². The molecule has 17 heteroatoms. The van der Waals surface area contributed by atoms with Crippen LogP contribution in [0.2, 0.25) is 0 Å². The monoisotopic (exact) mass is 832 g/mol. The number of piperidine rings is 2. The number of aryl methyl sites for hydroxylation is 1. The van der Waals surface area contributed by atoms with Gasteiger partial charge in [0, 0.05) is 56.3 Å². The van der Waals surface area contributed by atoms with Crippen LogP contribution in [0, 0.1) is 5.92 Å². The highest BCUT2D eigenvalue weighted by atomic mass is 32.1. The van der Waals surface area contributed by atoms with Crippen LogP contribution in [0.4, 0.5) is 24.5 Å². The number of imide groups is 1. The van der Waals surface area contributed by atoms with Crippen molar-refractivity contribution in [3.63, 3.8) is 0 Å². The van der Waals surface area contributed by atoms with Crippen molar-refractivity contribution in [2.75, 3.05) is 30.3 Å². The SMILES string of the molecule is Cn1c(=O)n(C2CCC(=O)NC2=O)c2cccc(NC3CCN(CC4CCC(c5nc6cc(C(C)(C)O)c(NC(=O)c7cccc(C(F)(F)F)n7)cc6s5)CC4)CC3)c21. The molecule has 3 aliphatic rings. The Morgan fingerprint density at radius 1 is 0.949 bits per heavy atom. The van der Waals surface area contributed by atoms with Crippen LogP contribution in [0.5, 0.6) is 0 Å². The van der Waals surface area contributed by atoms with E-state index in [4.69, 9.17) is 4.98 Å². The highest BCUT2D eigenvalue weighted by molar-refractivity contribution is 7.18. The lowest BCUT2D eigenvalue weighted by atomic mass is 9.82. The Kier molecular flexibility index (Phi) is 10.9. The zero-order valence-corrected chi connectivity index (χ0v) is 33.9. The van der Waals surface area contributed by atoms with Crippen LogP contribution >= 0.6 is 11.3 Å². The molecule has 1 aliphatic carbocycles. The highest BCUT2D eigenvalue weighted by Crippen LogP contribution is 2.42. The number of benzene rings is 2. The number of imidazole rings is 1. The molecule has 3 amide bonds. The van der Waals surface area contributed by atoms with E-state index in [2.05, 4.69) is 25.8 Å². The number of thiazole rings is 1. The Morgan fingerprint density at radius 3 is 2.37 bits per heavy atom. The Hall–Kier alpha value is -5.13. The van der Waals surface area contributed by atoms with E-state index in [1.807, 2.05) is 18.2 Å². The van der Waals surface area contributed by atoms with Crippen LogP contribution < -0.4 is 21.6 Å². The molecule has 1 saturated carbocycles. The number of hydrogen-bond acceptors (Lipinski definition) is 10. The smallest absolute Gasteiger partial charge is 0.386 e. The average molecular weight is 833 g/mol. The second kappa shape index (κ2) is 15.8. The van der Waals surface area contributed by atoms with Gasteiger partial charge in [-0.25, -0.2) is 14.8 Å².